The van der Waals surface area contributed by atoms with Crippen LogP contribution in [-0.4, -0.2) is 23.4 Å². The van der Waals surface area contributed by atoms with E-state index in [0.717, 1.165) is 24.3 Å². The van der Waals surface area contributed by atoms with E-state index in [1.807, 2.05) is 0 Å². The van der Waals surface area contributed by atoms with E-state index in [0.29, 0.717) is 23.2 Å². The second-order valence-electron chi connectivity index (χ2n) is 5.85. The Balaban J connectivity index is 1.52. The highest BCUT2D eigenvalue weighted by atomic mass is 32.2. The predicted molar refractivity (Wildman–Crippen MR) is 88.0 cm³/mol. The monoisotopic (exact) mass is 344 g/mol. The van der Waals surface area contributed by atoms with Gasteiger partial charge in [0.15, 0.2) is 16.7 Å². The van der Waals surface area contributed by atoms with Gasteiger partial charge in [-0.1, -0.05) is 0 Å². The first-order valence-electron chi connectivity index (χ1n) is 7.62. The maximum Gasteiger partial charge on any atom is 0.278 e. The summed E-state index contributed by atoms with van der Waals surface area (Å²) in [6.07, 6.45) is 5.27. The summed E-state index contributed by atoms with van der Waals surface area (Å²) in [5, 5.41) is 0.0355. The number of aryl methyl sites for hydroxylation is 1. The minimum absolute atomic E-state index is 0.0355. The number of aromatic amines is 1. The first-order valence-corrected chi connectivity index (χ1v) is 9.10. The van der Waals surface area contributed by atoms with Crippen LogP contribution in [0.3, 0.4) is 0 Å². The van der Waals surface area contributed by atoms with Crippen molar-refractivity contribution in [3.05, 3.63) is 48.4 Å². The van der Waals surface area contributed by atoms with Crippen molar-refractivity contribution in [3.63, 3.8) is 0 Å². The smallest absolute Gasteiger partial charge is 0.278 e. The molecule has 0 spiro atoms. The lowest BCUT2D eigenvalue weighted by Crippen LogP contribution is -2.13. The fourth-order valence-electron chi connectivity index (χ4n) is 2.39. The van der Waals surface area contributed by atoms with Crippen LogP contribution in [0.5, 0.6) is 0 Å². The second-order valence-corrected chi connectivity index (χ2v) is 7.50. The average Bonchev–Trinajstić information content (AvgIpc) is 3.11. The van der Waals surface area contributed by atoms with Crippen LogP contribution in [-0.2, 0) is 10.0 Å². The number of rotatable bonds is 5. The number of hydrogen-bond donors (Lipinski definition) is 2. The first kappa shape index (κ1) is 14.9. The predicted octanol–water partition coefficient (Wildman–Crippen LogP) is 3.05. The molecule has 1 fully saturated rings. The van der Waals surface area contributed by atoms with Gasteiger partial charge in [0, 0.05) is 17.2 Å². The minimum Gasteiger partial charge on any atom is -0.440 e. The highest BCUT2D eigenvalue weighted by Crippen LogP contribution is 2.40. The number of hydrogen-bond acceptors (Lipinski definition) is 5. The summed E-state index contributed by atoms with van der Waals surface area (Å²) in [5.74, 6) is 2.48. The Morgan fingerprint density at radius 1 is 1.17 bits per heavy atom. The van der Waals surface area contributed by atoms with E-state index in [1.165, 1.54) is 6.20 Å². The molecule has 7 nitrogen and oxygen atoms in total. The number of H-pyrrole nitrogens is 1. The normalized spacial score (nSPS) is 14.7. The molecule has 124 valence electrons. The fourth-order valence-corrected chi connectivity index (χ4v) is 3.42. The zero-order valence-corrected chi connectivity index (χ0v) is 13.8. The Kier molecular flexibility index (Phi) is 3.42. The molecule has 1 aromatic carbocycles. The van der Waals surface area contributed by atoms with E-state index < -0.39 is 10.0 Å². The number of benzene rings is 1. The zero-order chi connectivity index (χ0) is 16.7. The Labute approximate surface area is 139 Å². The molecular formula is C16H16N4O3S. The van der Waals surface area contributed by atoms with Crippen molar-refractivity contribution in [2.24, 2.45) is 0 Å². The van der Waals surface area contributed by atoms with Gasteiger partial charge in [-0.05, 0) is 44.0 Å². The molecule has 1 aliphatic rings. The third-order valence-corrected chi connectivity index (χ3v) is 5.13. The number of nitrogens with one attached hydrogen (secondary N) is 2. The molecule has 2 N–H and O–H groups in total. The largest absolute Gasteiger partial charge is 0.440 e. The molecule has 0 atom stereocenters. The summed E-state index contributed by atoms with van der Waals surface area (Å²) >= 11 is 0. The van der Waals surface area contributed by atoms with E-state index in [-0.39, 0.29) is 5.03 Å². The number of sulfonamides is 1. The molecule has 0 amide bonds. The van der Waals surface area contributed by atoms with E-state index in [9.17, 15) is 8.42 Å². The molecule has 0 saturated heterocycles. The molecule has 8 heteroatoms. The fraction of sp³-hybridized carbons (Fsp3) is 0.250. The number of aromatic nitrogens is 3. The summed E-state index contributed by atoms with van der Waals surface area (Å²) in [6, 6.07) is 6.98. The Morgan fingerprint density at radius 2 is 1.92 bits per heavy atom. The topological polar surface area (TPSA) is 101 Å². The van der Waals surface area contributed by atoms with Gasteiger partial charge < -0.3 is 9.40 Å². The summed E-state index contributed by atoms with van der Waals surface area (Å²) in [6.45, 7) is 1.70. The average molecular weight is 344 g/mol. The van der Waals surface area contributed by atoms with Crippen molar-refractivity contribution in [1.82, 2.24) is 15.0 Å². The Bertz CT molecular complexity index is 969. The summed E-state index contributed by atoms with van der Waals surface area (Å²) in [5.41, 5.74) is 1.32. The van der Waals surface area contributed by atoms with Crippen molar-refractivity contribution in [2.45, 2.75) is 30.7 Å². The maximum atomic E-state index is 12.2. The quantitative estimate of drug-likeness (QED) is 0.741. The van der Waals surface area contributed by atoms with E-state index >= 15 is 0 Å². The van der Waals surface area contributed by atoms with Crippen molar-refractivity contribution >= 4 is 15.7 Å². The number of nitrogens with zero attached hydrogens (tertiary/aromatic N) is 2. The van der Waals surface area contributed by atoms with Crippen LogP contribution in [0.25, 0.3) is 11.3 Å². The molecule has 1 saturated carbocycles. The minimum atomic E-state index is -3.67. The molecule has 0 radical (unpaired) electrons. The van der Waals surface area contributed by atoms with Gasteiger partial charge in [0.2, 0.25) is 0 Å². The van der Waals surface area contributed by atoms with Crippen LogP contribution >= 0.6 is 0 Å². The molecule has 2 heterocycles. The molecule has 24 heavy (non-hydrogen) atoms. The van der Waals surface area contributed by atoms with Crippen LogP contribution in [0.1, 0.15) is 30.5 Å². The van der Waals surface area contributed by atoms with Gasteiger partial charge in [-0.3, -0.25) is 4.72 Å². The molecule has 3 aromatic rings. The van der Waals surface area contributed by atoms with Crippen molar-refractivity contribution < 1.29 is 12.8 Å². The van der Waals surface area contributed by atoms with E-state index in [1.54, 1.807) is 37.4 Å². The number of oxazole rings is 1. The molecular weight excluding hydrogens is 328 g/mol. The lowest BCUT2D eigenvalue weighted by Gasteiger charge is -2.06. The third kappa shape index (κ3) is 2.92. The van der Waals surface area contributed by atoms with Crippen molar-refractivity contribution in [1.29, 1.82) is 0 Å². The molecule has 1 aliphatic carbocycles. The van der Waals surface area contributed by atoms with Crippen LogP contribution in [0.2, 0.25) is 0 Å². The van der Waals surface area contributed by atoms with E-state index in [4.69, 9.17) is 4.42 Å². The van der Waals surface area contributed by atoms with E-state index in [2.05, 4.69) is 19.7 Å². The number of imidazole rings is 1. The standard InChI is InChI=1S/C16H16N4O3S/c1-10-17-9-15(19-10)24(21,22)20-13-6-4-11(5-7-13)14-8-18-16(23-14)12-2-3-12/h4-9,12,20H,2-3H2,1H3,(H,17,19). The van der Waals surface area contributed by atoms with Crippen molar-refractivity contribution in [2.75, 3.05) is 4.72 Å². The van der Waals surface area contributed by atoms with Gasteiger partial charge >= 0.3 is 0 Å². The van der Waals surface area contributed by atoms with Crippen LogP contribution in [0, 0.1) is 6.92 Å². The Hall–Kier alpha value is -2.61. The van der Waals surface area contributed by atoms with Crippen LogP contribution < -0.4 is 4.72 Å². The van der Waals surface area contributed by atoms with Gasteiger partial charge in [0.05, 0.1) is 12.4 Å². The van der Waals surface area contributed by atoms with Gasteiger partial charge in [-0.2, -0.15) is 8.42 Å². The molecule has 0 unspecified atom stereocenters. The SMILES string of the molecule is Cc1ncc(S(=O)(=O)Nc2ccc(-c3cnc(C4CC4)o3)cc2)[nH]1. The lowest BCUT2D eigenvalue weighted by atomic mass is 10.2. The van der Waals surface area contributed by atoms with Gasteiger partial charge in [0.25, 0.3) is 10.0 Å². The maximum absolute atomic E-state index is 12.2. The first-order chi connectivity index (χ1) is 11.5. The second kappa shape index (κ2) is 5.48. The third-order valence-electron chi connectivity index (χ3n) is 3.84. The highest BCUT2D eigenvalue weighted by molar-refractivity contribution is 7.92. The summed E-state index contributed by atoms with van der Waals surface area (Å²) in [4.78, 5) is 10.9. The van der Waals surface area contributed by atoms with Gasteiger partial charge in [0.1, 0.15) is 5.82 Å². The summed E-state index contributed by atoms with van der Waals surface area (Å²) < 4.78 is 32.7. The zero-order valence-electron chi connectivity index (χ0n) is 13.0. The lowest BCUT2D eigenvalue weighted by molar-refractivity contribution is 0.509. The van der Waals surface area contributed by atoms with Crippen molar-refractivity contribution in [3.8, 4) is 11.3 Å². The van der Waals surface area contributed by atoms with Crippen LogP contribution in [0.15, 0.2) is 46.1 Å². The molecule has 2 aromatic heterocycles. The Morgan fingerprint density at radius 3 is 2.54 bits per heavy atom. The highest BCUT2D eigenvalue weighted by Gasteiger charge is 2.28. The van der Waals surface area contributed by atoms with Gasteiger partial charge in [-0.25, -0.2) is 9.97 Å². The van der Waals surface area contributed by atoms with Gasteiger partial charge in [-0.15, -0.1) is 0 Å². The number of anilines is 1. The molecule has 0 aliphatic heterocycles. The summed E-state index contributed by atoms with van der Waals surface area (Å²) in [7, 11) is -3.67. The van der Waals surface area contributed by atoms with Crippen LogP contribution in [0.4, 0.5) is 5.69 Å². The molecule has 0 bridgehead atoms. The molecule has 4 rings (SSSR count).